The first-order valence-corrected chi connectivity index (χ1v) is 12.5. The van der Waals surface area contributed by atoms with Crippen LogP contribution >= 0.6 is 11.8 Å². The second kappa shape index (κ2) is 10.3. The summed E-state index contributed by atoms with van der Waals surface area (Å²) in [7, 11) is 0. The topological polar surface area (TPSA) is 87.6 Å². The maximum atomic E-state index is 13.0. The molecule has 2 aromatic heterocycles. The van der Waals surface area contributed by atoms with Gasteiger partial charge in [-0.15, -0.1) is 10.2 Å². The third-order valence-electron chi connectivity index (χ3n) is 6.17. The molecule has 1 amide bonds. The van der Waals surface area contributed by atoms with Crippen LogP contribution in [-0.4, -0.2) is 62.6 Å². The number of aromatic nitrogens is 3. The number of aryl methyl sites for hydroxylation is 1. The number of amides is 1. The molecule has 1 fully saturated rings. The Labute approximate surface area is 208 Å². The number of phenols is 1. The molecule has 4 aromatic rings. The van der Waals surface area contributed by atoms with E-state index in [-0.39, 0.29) is 11.7 Å². The lowest BCUT2D eigenvalue weighted by Gasteiger charge is -2.36. The molecule has 5 rings (SSSR count). The van der Waals surface area contributed by atoms with E-state index in [1.54, 1.807) is 18.4 Å². The van der Waals surface area contributed by atoms with Gasteiger partial charge in [0.15, 0.2) is 11.0 Å². The minimum Gasteiger partial charge on any atom is -0.508 e. The van der Waals surface area contributed by atoms with Gasteiger partial charge in [-0.25, -0.2) is 0 Å². The standard InChI is InChI=1S/C26H27N5O3S/c1-19-23(11-16-34-19)25-27-28-26(31(25)17-20-5-3-2-4-6-20)35-18-24(33)30-14-12-29(13-15-30)21-7-9-22(32)10-8-21/h2-11,16,32H,12-15,17-18H2,1H3. The van der Waals surface area contributed by atoms with Crippen molar-refractivity contribution >= 4 is 23.4 Å². The fourth-order valence-corrected chi connectivity index (χ4v) is 5.06. The number of rotatable bonds is 7. The number of nitrogens with zero attached hydrogens (tertiary/aromatic N) is 5. The van der Waals surface area contributed by atoms with E-state index in [0.29, 0.717) is 30.5 Å². The van der Waals surface area contributed by atoms with Crippen LogP contribution in [0, 0.1) is 6.92 Å². The maximum Gasteiger partial charge on any atom is 0.233 e. The molecule has 1 saturated heterocycles. The molecular formula is C26H27N5O3S. The largest absolute Gasteiger partial charge is 0.508 e. The number of furan rings is 1. The normalized spacial score (nSPS) is 13.9. The van der Waals surface area contributed by atoms with E-state index in [1.165, 1.54) is 11.8 Å². The first-order chi connectivity index (χ1) is 17.1. The van der Waals surface area contributed by atoms with E-state index >= 15 is 0 Å². The first kappa shape index (κ1) is 23.0. The van der Waals surface area contributed by atoms with E-state index in [1.807, 2.05) is 52.8 Å². The van der Waals surface area contributed by atoms with Crippen LogP contribution in [0.2, 0.25) is 0 Å². The molecule has 0 bridgehead atoms. The minimum atomic E-state index is 0.0932. The summed E-state index contributed by atoms with van der Waals surface area (Å²) < 4.78 is 7.54. The van der Waals surface area contributed by atoms with Crippen molar-refractivity contribution in [2.75, 3.05) is 36.8 Å². The molecule has 0 saturated carbocycles. The van der Waals surface area contributed by atoms with Gasteiger partial charge in [0.05, 0.1) is 24.1 Å². The lowest BCUT2D eigenvalue weighted by atomic mass is 10.2. The maximum absolute atomic E-state index is 13.0. The Kier molecular flexibility index (Phi) is 6.76. The lowest BCUT2D eigenvalue weighted by Crippen LogP contribution is -2.49. The number of phenolic OH excluding ortho intramolecular Hbond substituents is 1. The zero-order valence-corrected chi connectivity index (χ0v) is 20.3. The molecule has 3 heterocycles. The number of piperazine rings is 1. The van der Waals surface area contributed by atoms with Crippen molar-refractivity contribution in [2.24, 2.45) is 0 Å². The summed E-state index contributed by atoms with van der Waals surface area (Å²) in [6, 6.07) is 19.2. The summed E-state index contributed by atoms with van der Waals surface area (Å²) in [5.74, 6) is 2.17. The van der Waals surface area contributed by atoms with Crippen LogP contribution in [0.25, 0.3) is 11.4 Å². The summed E-state index contributed by atoms with van der Waals surface area (Å²) in [5.41, 5.74) is 3.09. The molecule has 8 nitrogen and oxygen atoms in total. The monoisotopic (exact) mass is 489 g/mol. The fourth-order valence-electron chi connectivity index (χ4n) is 4.22. The molecule has 35 heavy (non-hydrogen) atoms. The Morgan fingerprint density at radius 1 is 1.00 bits per heavy atom. The van der Waals surface area contributed by atoms with Crippen LogP contribution in [0.1, 0.15) is 11.3 Å². The second-order valence-corrected chi connectivity index (χ2v) is 9.38. The molecule has 2 aromatic carbocycles. The number of anilines is 1. The van der Waals surface area contributed by atoms with Crippen LogP contribution in [0.3, 0.4) is 0 Å². The van der Waals surface area contributed by atoms with Gasteiger partial charge in [-0.1, -0.05) is 42.1 Å². The highest BCUT2D eigenvalue weighted by Crippen LogP contribution is 2.28. The molecule has 1 aliphatic heterocycles. The van der Waals surface area contributed by atoms with Crippen LogP contribution in [0.4, 0.5) is 5.69 Å². The Morgan fingerprint density at radius 3 is 2.43 bits per heavy atom. The molecule has 0 radical (unpaired) electrons. The number of aromatic hydroxyl groups is 1. The second-order valence-electron chi connectivity index (χ2n) is 8.44. The predicted octanol–water partition coefficient (Wildman–Crippen LogP) is 4.04. The van der Waals surface area contributed by atoms with E-state index in [0.717, 1.165) is 41.5 Å². The van der Waals surface area contributed by atoms with Crippen molar-refractivity contribution in [2.45, 2.75) is 18.6 Å². The number of benzene rings is 2. The SMILES string of the molecule is Cc1occc1-c1nnc(SCC(=O)N2CCN(c3ccc(O)cc3)CC2)n1Cc1ccccc1. The van der Waals surface area contributed by atoms with Crippen LogP contribution in [0.5, 0.6) is 5.75 Å². The highest BCUT2D eigenvalue weighted by Gasteiger charge is 2.23. The van der Waals surface area contributed by atoms with Crippen molar-refractivity contribution in [3.8, 4) is 17.1 Å². The first-order valence-electron chi connectivity index (χ1n) is 11.5. The summed E-state index contributed by atoms with van der Waals surface area (Å²) in [6.45, 7) is 5.36. The Bertz CT molecular complexity index is 1280. The van der Waals surface area contributed by atoms with Gasteiger partial charge in [-0.05, 0) is 42.8 Å². The summed E-state index contributed by atoms with van der Waals surface area (Å²) >= 11 is 1.42. The molecule has 180 valence electrons. The number of carbonyl (C=O) groups excluding carboxylic acids is 1. The molecule has 0 atom stereocenters. The Morgan fingerprint density at radius 2 is 1.74 bits per heavy atom. The molecule has 9 heteroatoms. The van der Waals surface area contributed by atoms with E-state index in [9.17, 15) is 9.90 Å². The van der Waals surface area contributed by atoms with Crippen LogP contribution in [0.15, 0.2) is 76.5 Å². The van der Waals surface area contributed by atoms with E-state index < -0.39 is 0 Å². The van der Waals surface area contributed by atoms with Crippen molar-refractivity contribution in [3.05, 3.63) is 78.3 Å². The van der Waals surface area contributed by atoms with Crippen molar-refractivity contribution < 1.29 is 14.3 Å². The zero-order valence-electron chi connectivity index (χ0n) is 19.5. The van der Waals surface area contributed by atoms with Gasteiger partial charge in [0.25, 0.3) is 0 Å². The van der Waals surface area contributed by atoms with Crippen LogP contribution in [-0.2, 0) is 11.3 Å². The van der Waals surface area contributed by atoms with Gasteiger partial charge in [0.2, 0.25) is 5.91 Å². The summed E-state index contributed by atoms with van der Waals surface area (Å²) in [4.78, 5) is 17.1. The molecule has 0 aliphatic carbocycles. The highest BCUT2D eigenvalue weighted by molar-refractivity contribution is 7.99. The third kappa shape index (κ3) is 5.19. The van der Waals surface area contributed by atoms with Crippen molar-refractivity contribution in [3.63, 3.8) is 0 Å². The fraction of sp³-hybridized carbons (Fsp3) is 0.269. The molecule has 1 aliphatic rings. The van der Waals surface area contributed by atoms with Gasteiger partial charge < -0.3 is 19.3 Å². The minimum absolute atomic E-state index is 0.0932. The third-order valence-corrected chi connectivity index (χ3v) is 7.12. The number of hydrogen-bond acceptors (Lipinski definition) is 7. The van der Waals surface area contributed by atoms with Gasteiger partial charge in [0, 0.05) is 31.9 Å². The summed E-state index contributed by atoms with van der Waals surface area (Å²) in [5, 5.41) is 19.1. The van der Waals surface area contributed by atoms with Crippen LogP contribution < -0.4 is 4.90 Å². The molecule has 0 unspecified atom stereocenters. The molecular weight excluding hydrogens is 462 g/mol. The Balaban J connectivity index is 1.25. The average Bonchev–Trinajstić information content (AvgIpc) is 3.49. The van der Waals surface area contributed by atoms with Crippen molar-refractivity contribution in [1.29, 1.82) is 0 Å². The lowest BCUT2D eigenvalue weighted by molar-refractivity contribution is -0.128. The smallest absolute Gasteiger partial charge is 0.233 e. The zero-order chi connectivity index (χ0) is 24.2. The predicted molar refractivity (Wildman–Crippen MR) is 136 cm³/mol. The van der Waals surface area contributed by atoms with Gasteiger partial charge >= 0.3 is 0 Å². The highest BCUT2D eigenvalue weighted by atomic mass is 32.2. The molecule has 1 N–H and O–H groups in total. The number of hydrogen-bond donors (Lipinski definition) is 1. The van der Waals surface area contributed by atoms with E-state index in [2.05, 4.69) is 27.2 Å². The van der Waals surface area contributed by atoms with Crippen molar-refractivity contribution in [1.82, 2.24) is 19.7 Å². The Hall–Kier alpha value is -3.72. The van der Waals surface area contributed by atoms with Gasteiger partial charge in [-0.2, -0.15) is 0 Å². The van der Waals surface area contributed by atoms with Gasteiger partial charge in [0.1, 0.15) is 11.5 Å². The van der Waals surface area contributed by atoms with Gasteiger partial charge in [-0.3, -0.25) is 9.36 Å². The summed E-state index contributed by atoms with van der Waals surface area (Å²) in [6.07, 6.45) is 1.65. The quantitative estimate of drug-likeness (QED) is 0.392. The average molecular weight is 490 g/mol. The van der Waals surface area contributed by atoms with E-state index in [4.69, 9.17) is 4.42 Å². The number of thioether (sulfide) groups is 1. The molecule has 0 spiro atoms. The number of carbonyl (C=O) groups is 1.